The van der Waals surface area contributed by atoms with Crippen LogP contribution < -0.4 is 20.5 Å². The van der Waals surface area contributed by atoms with Crippen LogP contribution in [0.25, 0.3) is 5.70 Å². The van der Waals surface area contributed by atoms with Gasteiger partial charge in [0.15, 0.2) is 0 Å². The van der Waals surface area contributed by atoms with E-state index < -0.39 is 0 Å². The maximum Gasteiger partial charge on any atom is 0.133 e. The van der Waals surface area contributed by atoms with E-state index in [4.69, 9.17) is 20.6 Å². The van der Waals surface area contributed by atoms with Crippen LogP contribution >= 0.6 is 0 Å². The molecule has 0 saturated heterocycles. The average Bonchev–Trinajstić information content (AvgIpc) is 3.07. The molecule has 1 atom stereocenters. The Balaban J connectivity index is 1.55. The van der Waals surface area contributed by atoms with Crippen molar-refractivity contribution >= 4 is 11.9 Å². The van der Waals surface area contributed by atoms with Crippen molar-refractivity contribution in [3.8, 4) is 17.2 Å². The number of ether oxygens (including phenoxy) is 2. The summed E-state index contributed by atoms with van der Waals surface area (Å²) >= 11 is 0. The third-order valence-electron chi connectivity index (χ3n) is 4.01. The second kappa shape index (κ2) is 8.11. The summed E-state index contributed by atoms with van der Waals surface area (Å²) in [5.41, 5.74) is 7.25. The first-order valence-corrected chi connectivity index (χ1v) is 8.28. The monoisotopic (exact) mass is 350 g/mol. The van der Waals surface area contributed by atoms with Crippen molar-refractivity contribution in [2.75, 3.05) is 13.7 Å². The van der Waals surface area contributed by atoms with Gasteiger partial charge in [0.2, 0.25) is 0 Å². The van der Waals surface area contributed by atoms with Gasteiger partial charge in [-0.25, -0.2) is 0 Å². The van der Waals surface area contributed by atoms with Crippen LogP contribution in [0.1, 0.15) is 5.56 Å². The number of hydrogen-bond acceptors (Lipinski definition) is 6. The lowest BCUT2D eigenvalue weighted by Crippen LogP contribution is -2.38. The van der Waals surface area contributed by atoms with E-state index in [0.717, 1.165) is 17.1 Å². The Morgan fingerprint density at radius 2 is 1.73 bits per heavy atom. The quantitative estimate of drug-likeness (QED) is 0.668. The Kier molecular flexibility index (Phi) is 5.43. The van der Waals surface area contributed by atoms with E-state index in [1.165, 1.54) is 6.21 Å². The van der Waals surface area contributed by atoms with Crippen LogP contribution in [0.2, 0.25) is 0 Å². The van der Waals surface area contributed by atoms with E-state index >= 15 is 0 Å². The summed E-state index contributed by atoms with van der Waals surface area (Å²) in [5, 5.41) is 10.3. The van der Waals surface area contributed by atoms with Crippen molar-refractivity contribution in [3.63, 3.8) is 0 Å². The fourth-order valence-corrected chi connectivity index (χ4v) is 2.48. The lowest BCUT2D eigenvalue weighted by Gasteiger charge is -2.21. The van der Waals surface area contributed by atoms with Gasteiger partial charge in [0.1, 0.15) is 30.0 Å². The first-order chi connectivity index (χ1) is 12.7. The molecule has 0 amide bonds. The molecule has 0 aliphatic carbocycles. The molecular formula is C20H22N4O2. The predicted octanol–water partition coefficient (Wildman–Crippen LogP) is 3.14. The van der Waals surface area contributed by atoms with Gasteiger partial charge in [0.25, 0.3) is 0 Å². The Morgan fingerprint density at radius 1 is 1.12 bits per heavy atom. The lowest BCUT2D eigenvalue weighted by molar-refractivity contribution is 0.199. The summed E-state index contributed by atoms with van der Waals surface area (Å²) in [6.07, 6.45) is 6.75. The Bertz CT molecular complexity index is 798. The summed E-state index contributed by atoms with van der Waals surface area (Å²) in [5.74, 6) is 2.23. The molecule has 2 aromatic carbocycles. The van der Waals surface area contributed by atoms with Crippen LogP contribution in [-0.4, -0.2) is 30.9 Å². The molecule has 0 saturated carbocycles. The molecule has 134 valence electrons. The average molecular weight is 350 g/mol. The minimum absolute atomic E-state index is 0.151. The number of benzene rings is 2. The highest BCUT2D eigenvalue weighted by atomic mass is 16.5. The molecule has 6 nitrogen and oxygen atoms in total. The first kappa shape index (κ1) is 17.4. The van der Waals surface area contributed by atoms with Gasteiger partial charge in [-0.05, 0) is 60.2 Å². The number of allylic oxidation sites excluding steroid dienone is 1. The van der Waals surface area contributed by atoms with E-state index in [1.54, 1.807) is 6.08 Å². The zero-order valence-corrected chi connectivity index (χ0v) is 14.6. The second-order valence-electron chi connectivity index (χ2n) is 5.86. The summed E-state index contributed by atoms with van der Waals surface area (Å²) in [6, 6.07) is 14.9. The zero-order chi connectivity index (χ0) is 18.4. The van der Waals surface area contributed by atoms with E-state index in [9.17, 15) is 0 Å². The van der Waals surface area contributed by atoms with Crippen LogP contribution in [0.3, 0.4) is 0 Å². The van der Waals surface area contributed by atoms with Crippen molar-refractivity contribution in [2.24, 2.45) is 5.73 Å². The minimum Gasteiger partial charge on any atom is -0.489 e. The zero-order valence-electron chi connectivity index (χ0n) is 14.6. The standard InChI is InChI=1S/C20H22N4O2/c1-24-13-12-23-20(24)14-25-16-6-8-18(9-7-16)26-17-4-2-15(3-5-17)19(22)10-11-21/h2-13,20-21,23H,14,22H2,1H3/b19-10-,21-11?. The van der Waals surface area contributed by atoms with E-state index in [2.05, 4.69) is 10.2 Å². The maximum absolute atomic E-state index is 7.05. The third kappa shape index (κ3) is 4.36. The van der Waals surface area contributed by atoms with Gasteiger partial charge in [-0.1, -0.05) is 0 Å². The first-order valence-electron chi connectivity index (χ1n) is 8.28. The van der Waals surface area contributed by atoms with Crippen LogP contribution in [0.4, 0.5) is 0 Å². The lowest BCUT2D eigenvalue weighted by atomic mass is 10.1. The third-order valence-corrected chi connectivity index (χ3v) is 4.01. The molecule has 1 heterocycles. The normalized spacial score (nSPS) is 16.3. The minimum atomic E-state index is 0.151. The number of nitrogens with zero attached hydrogens (tertiary/aromatic N) is 1. The Labute approximate surface area is 153 Å². The molecule has 1 unspecified atom stereocenters. The molecule has 0 bridgehead atoms. The highest BCUT2D eigenvalue weighted by Gasteiger charge is 2.14. The van der Waals surface area contributed by atoms with Crippen molar-refractivity contribution in [1.29, 1.82) is 5.41 Å². The van der Waals surface area contributed by atoms with Crippen LogP contribution in [0, 0.1) is 5.41 Å². The largest absolute Gasteiger partial charge is 0.489 e. The van der Waals surface area contributed by atoms with Crippen LogP contribution in [0.5, 0.6) is 17.2 Å². The summed E-state index contributed by atoms with van der Waals surface area (Å²) in [4.78, 5) is 2.06. The number of nitrogens with two attached hydrogens (primary N) is 1. The van der Waals surface area contributed by atoms with E-state index in [-0.39, 0.29) is 6.17 Å². The molecular weight excluding hydrogens is 328 g/mol. The topological polar surface area (TPSA) is 83.6 Å². The molecule has 4 N–H and O–H groups in total. The van der Waals surface area contributed by atoms with Gasteiger partial charge < -0.3 is 30.8 Å². The molecule has 3 rings (SSSR count). The van der Waals surface area contributed by atoms with Gasteiger partial charge in [-0.15, -0.1) is 0 Å². The Hall–Kier alpha value is -3.41. The number of hydrogen-bond donors (Lipinski definition) is 3. The molecule has 0 aromatic heterocycles. The van der Waals surface area contributed by atoms with Gasteiger partial charge in [-0.3, -0.25) is 0 Å². The number of rotatable bonds is 7. The van der Waals surface area contributed by atoms with Gasteiger partial charge in [0.05, 0.1) is 0 Å². The van der Waals surface area contributed by atoms with Crippen molar-refractivity contribution < 1.29 is 9.47 Å². The highest BCUT2D eigenvalue weighted by Crippen LogP contribution is 2.25. The fourth-order valence-electron chi connectivity index (χ4n) is 2.48. The SMILES string of the molecule is CN1C=CNC1COc1ccc(Oc2ccc(/C(N)=C/C=N)cc2)cc1. The molecule has 0 fully saturated rings. The molecule has 1 aliphatic heterocycles. The molecule has 6 heteroatoms. The van der Waals surface area contributed by atoms with Gasteiger partial charge in [0, 0.05) is 31.4 Å². The van der Waals surface area contributed by atoms with Gasteiger partial charge in [-0.2, -0.15) is 0 Å². The maximum atomic E-state index is 7.05. The van der Waals surface area contributed by atoms with Crippen molar-refractivity contribution in [1.82, 2.24) is 10.2 Å². The van der Waals surface area contributed by atoms with Gasteiger partial charge >= 0.3 is 0 Å². The fraction of sp³-hybridized carbons (Fsp3) is 0.150. The highest BCUT2D eigenvalue weighted by molar-refractivity contribution is 5.81. The predicted molar refractivity (Wildman–Crippen MR) is 103 cm³/mol. The number of nitrogens with one attached hydrogen (secondary N) is 2. The van der Waals surface area contributed by atoms with Crippen molar-refractivity contribution in [2.45, 2.75) is 6.17 Å². The summed E-state index contributed by atoms with van der Waals surface area (Å²) in [7, 11) is 2.00. The molecule has 26 heavy (non-hydrogen) atoms. The van der Waals surface area contributed by atoms with E-state index in [1.807, 2.05) is 68.0 Å². The smallest absolute Gasteiger partial charge is 0.133 e. The summed E-state index contributed by atoms with van der Waals surface area (Å²) in [6.45, 7) is 0.551. The van der Waals surface area contributed by atoms with Crippen LogP contribution in [0.15, 0.2) is 67.0 Å². The molecule has 2 aromatic rings. The molecule has 1 aliphatic rings. The van der Waals surface area contributed by atoms with E-state index in [0.29, 0.717) is 18.1 Å². The van der Waals surface area contributed by atoms with Crippen LogP contribution in [-0.2, 0) is 0 Å². The van der Waals surface area contributed by atoms with Crippen molar-refractivity contribution in [3.05, 3.63) is 72.6 Å². The molecule has 0 radical (unpaired) electrons. The molecule has 0 spiro atoms. The summed E-state index contributed by atoms with van der Waals surface area (Å²) < 4.78 is 11.6. The second-order valence-corrected chi connectivity index (χ2v) is 5.86. The Morgan fingerprint density at radius 3 is 2.31 bits per heavy atom. The number of likely N-dealkylation sites (N-methyl/N-ethyl adjacent to an activating group) is 1.